The monoisotopic (exact) mass is 368 g/mol. The molecule has 1 unspecified atom stereocenters. The molecule has 0 spiro atoms. The molecule has 0 aromatic heterocycles. The molecule has 2 heterocycles. The molecule has 2 aliphatic rings. The Labute approximate surface area is 140 Å². The van der Waals surface area contributed by atoms with Crippen LogP contribution in [0.15, 0.2) is 36.2 Å². The molecule has 0 saturated heterocycles. The molecule has 0 aromatic carbocycles. The van der Waals surface area contributed by atoms with Gasteiger partial charge in [-0.1, -0.05) is 47.0 Å². The third kappa shape index (κ3) is 4.85. The van der Waals surface area contributed by atoms with E-state index in [0.29, 0.717) is 0 Å². The van der Waals surface area contributed by atoms with Gasteiger partial charge in [0.2, 0.25) is 9.70 Å². The summed E-state index contributed by atoms with van der Waals surface area (Å²) in [5, 5.41) is 4.20. The number of carbonyl (C=O) groups excluding carboxylic acids is 2. The van der Waals surface area contributed by atoms with E-state index < -0.39 is 9.89 Å². The maximum Gasteiger partial charge on any atom is 0.418 e. The van der Waals surface area contributed by atoms with Gasteiger partial charge in [0.25, 0.3) is 0 Å². The third-order valence-corrected chi connectivity index (χ3v) is 4.08. The lowest BCUT2D eigenvalue weighted by molar-refractivity contribution is -0.120. The predicted molar refractivity (Wildman–Crippen MR) is 83.9 cm³/mol. The van der Waals surface area contributed by atoms with Gasteiger partial charge < -0.3 is 10.1 Å². The molecule has 5 nitrogen and oxygen atoms in total. The van der Waals surface area contributed by atoms with E-state index in [1.807, 2.05) is 5.41 Å². The molecule has 0 bridgehead atoms. The molecule has 0 aliphatic carbocycles. The Kier molecular flexibility index (Phi) is 5.48. The zero-order valence-corrected chi connectivity index (χ0v) is 13.6. The second kappa shape index (κ2) is 6.96. The Morgan fingerprint density at radius 1 is 1.38 bits per heavy atom. The van der Waals surface area contributed by atoms with Crippen LogP contribution in [0.25, 0.3) is 0 Å². The number of thioether (sulfide) groups is 1. The summed E-state index contributed by atoms with van der Waals surface area (Å²) in [4.78, 5) is 24.7. The molecular weight excluding hydrogens is 359 g/mol. The second-order valence-corrected chi connectivity index (χ2v) is 7.77. The summed E-state index contributed by atoms with van der Waals surface area (Å²) in [6.07, 6.45) is 7.47. The van der Waals surface area contributed by atoms with Gasteiger partial charge in [-0.2, -0.15) is 0 Å². The van der Waals surface area contributed by atoms with Crippen LogP contribution in [0.4, 0.5) is 4.79 Å². The van der Waals surface area contributed by atoms with Crippen molar-refractivity contribution >= 4 is 58.6 Å². The molecule has 0 fully saturated rings. The molecule has 21 heavy (non-hydrogen) atoms. The van der Waals surface area contributed by atoms with E-state index in [-0.39, 0.29) is 23.7 Å². The van der Waals surface area contributed by atoms with Gasteiger partial charge in [-0.25, -0.2) is 4.79 Å². The van der Waals surface area contributed by atoms with E-state index in [1.165, 1.54) is 29.1 Å². The molecule has 2 rings (SSSR count). The van der Waals surface area contributed by atoms with Crippen LogP contribution in [-0.2, 0) is 9.53 Å². The van der Waals surface area contributed by atoms with Crippen molar-refractivity contribution in [3.63, 3.8) is 0 Å². The number of ether oxygens (including phenoxy) is 1. The standard InChI is InChI=1S/C12H11Cl3N2O3S/c13-12(14,15)7-20-11(19)17-4-1-8(2-5-17)9-10(18)16-3-6-21-9/h1-6,8-9H,7H2,(H,16,18). The average Bonchev–Trinajstić information content (AvgIpc) is 2.45. The molecule has 1 N–H and O–H groups in total. The van der Waals surface area contributed by atoms with Crippen LogP contribution in [0.1, 0.15) is 0 Å². The summed E-state index contributed by atoms with van der Waals surface area (Å²) in [5.41, 5.74) is 0. The second-order valence-electron chi connectivity index (χ2n) is 4.21. The van der Waals surface area contributed by atoms with Gasteiger partial charge >= 0.3 is 6.09 Å². The minimum Gasteiger partial charge on any atom is -0.444 e. The molecule has 114 valence electrons. The fourth-order valence-corrected chi connectivity index (χ4v) is 2.72. The van der Waals surface area contributed by atoms with Crippen molar-refractivity contribution in [2.45, 2.75) is 9.04 Å². The minimum absolute atomic E-state index is 0.0750. The first-order chi connectivity index (χ1) is 9.87. The average molecular weight is 370 g/mol. The highest BCUT2D eigenvalue weighted by Crippen LogP contribution is 2.29. The predicted octanol–water partition coefficient (Wildman–Crippen LogP) is 3.16. The molecule has 2 amide bonds. The zero-order valence-electron chi connectivity index (χ0n) is 10.5. The van der Waals surface area contributed by atoms with E-state index in [4.69, 9.17) is 39.5 Å². The van der Waals surface area contributed by atoms with Crippen LogP contribution in [0.3, 0.4) is 0 Å². The van der Waals surface area contributed by atoms with Crippen molar-refractivity contribution < 1.29 is 14.3 Å². The topological polar surface area (TPSA) is 58.6 Å². The Morgan fingerprint density at radius 2 is 2.05 bits per heavy atom. The summed E-state index contributed by atoms with van der Waals surface area (Å²) in [6, 6.07) is 0. The van der Waals surface area contributed by atoms with Gasteiger partial charge in [-0.05, 0) is 5.41 Å². The van der Waals surface area contributed by atoms with Crippen molar-refractivity contribution in [2.24, 2.45) is 5.92 Å². The normalized spacial score (nSPS) is 22.3. The number of nitrogens with one attached hydrogen (secondary N) is 1. The van der Waals surface area contributed by atoms with Crippen LogP contribution < -0.4 is 5.32 Å². The maximum atomic E-state index is 11.7. The van der Waals surface area contributed by atoms with Crippen molar-refractivity contribution in [3.8, 4) is 0 Å². The van der Waals surface area contributed by atoms with Gasteiger partial charge in [-0.15, -0.1) is 11.8 Å². The molecule has 0 saturated carbocycles. The lowest BCUT2D eigenvalue weighted by atomic mass is 10.0. The highest BCUT2D eigenvalue weighted by atomic mass is 35.6. The first-order valence-corrected chi connectivity index (χ1v) is 7.94. The summed E-state index contributed by atoms with van der Waals surface area (Å²) in [7, 11) is 0. The number of allylic oxidation sites excluding steroid dienone is 2. The SMILES string of the molecule is O=C1NC=CSC1C1C=CN(C(=O)OCC(Cl)(Cl)Cl)C=C1. The molecule has 0 aromatic rings. The van der Waals surface area contributed by atoms with Crippen LogP contribution in [0.5, 0.6) is 0 Å². The summed E-state index contributed by atoms with van der Waals surface area (Å²) in [5.74, 6) is -0.189. The number of rotatable bonds is 2. The molecular formula is C12H11Cl3N2O3S. The zero-order chi connectivity index (χ0) is 15.5. The van der Waals surface area contributed by atoms with Gasteiger partial charge in [0.1, 0.15) is 6.61 Å². The Balaban J connectivity index is 1.90. The Morgan fingerprint density at radius 3 is 2.62 bits per heavy atom. The van der Waals surface area contributed by atoms with Crippen molar-refractivity contribution in [1.82, 2.24) is 10.2 Å². The molecule has 9 heteroatoms. The molecule has 2 aliphatic heterocycles. The van der Waals surface area contributed by atoms with Gasteiger partial charge in [0, 0.05) is 24.5 Å². The fourth-order valence-electron chi connectivity index (χ4n) is 1.69. The lowest BCUT2D eigenvalue weighted by Gasteiger charge is -2.26. The first kappa shape index (κ1) is 16.5. The van der Waals surface area contributed by atoms with Crippen LogP contribution >= 0.6 is 46.6 Å². The number of nitrogens with zero attached hydrogens (tertiary/aromatic N) is 1. The summed E-state index contributed by atoms with van der Waals surface area (Å²) >= 11 is 17.9. The first-order valence-electron chi connectivity index (χ1n) is 5.86. The summed E-state index contributed by atoms with van der Waals surface area (Å²) in [6.45, 7) is -0.343. The third-order valence-electron chi connectivity index (χ3n) is 2.63. The van der Waals surface area contributed by atoms with E-state index in [9.17, 15) is 9.59 Å². The lowest BCUT2D eigenvalue weighted by Crippen LogP contribution is -2.36. The minimum atomic E-state index is -1.65. The van der Waals surface area contributed by atoms with E-state index >= 15 is 0 Å². The largest absolute Gasteiger partial charge is 0.444 e. The number of hydrogen-bond acceptors (Lipinski definition) is 4. The number of hydrogen-bond donors (Lipinski definition) is 1. The number of halogens is 3. The fraction of sp³-hybridized carbons (Fsp3) is 0.333. The van der Waals surface area contributed by atoms with Gasteiger partial charge in [-0.3, -0.25) is 9.69 Å². The van der Waals surface area contributed by atoms with Gasteiger partial charge in [0.15, 0.2) is 0 Å². The maximum absolute atomic E-state index is 11.7. The van der Waals surface area contributed by atoms with Crippen molar-refractivity contribution in [3.05, 3.63) is 36.2 Å². The van der Waals surface area contributed by atoms with Crippen LogP contribution in [-0.4, -0.2) is 32.5 Å². The number of alkyl halides is 3. The number of amides is 2. The quantitative estimate of drug-likeness (QED) is 0.760. The van der Waals surface area contributed by atoms with Crippen LogP contribution in [0.2, 0.25) is 0 Å². The van der Waals surface area contributed by atoms with Crippen LogP contribution in [0, 0.1) is 5.92 Å². The Bertz CT molecular complexity index is 502. The van der Waals surface area contributed by atoms with E-state index in [2.05, 4.69) is 5.32 Å². The van der Waals surface area contributed by atoms with E-state index in [1.54, 1.807) is 18.4 Å². The number of carbonyl (C=O) groups is 2. The van der Waals surface area contributed by atoms with Crippen molar-refractivity contribution in [1.29, 1.82) is 0 Å². The highest BCUT2D eigenvalue weighted by molar-refractivity contribution is 8.03. The molecule has 1 atom stereocenters. The smallest absolute Gasteiger partial charge is 0.418 e. The van der Waals surface area contributed by atoms with Gasteiger partial charge in [0.05, 0.1) is 5.25 Å². The summed E-state index contributed by atoms with van der Waals surface area (Å²) < 4.78 is 3.19. The molecule has 0 radical (unpaired) electrons. The van der Waals surface area contributed by atoms with E-state index in [0.717, 1.165) is 0 Å². The van der Waals surface area contributed by atoms with Crippen molar-refractivity contribution in [2.75, 3.05) is 6.61 Å². The Hall–Kier alpha value is -0.820. The highest BCUT2D eigenvalue weighted by Gasteiger charge is 2.29.